The summed E-state index contributed by atoms with van der Waals surface area (Å²) in [6.07, 6.45) is 14.5. The number of carbonyl (C=O) groups excluding carboxylic acids is 3. The van der Waals surface area contributed by atoms with Crippen molar-refractivity contribution in [2.24, 2.45) is 0 Å². The first kappa shape index (κ1) is 48.4. The molecule has 9 nitrogen and oxygen atoms in total. The molecule has 5 aromatic rings. The second kappa shape index (κ2) is 26.7. The lowest BCUT2D eigenvalue weighted by Gasteiger charge is -2.14. The van der Waals surface area contributed by atoms with E-state index in [1.165, 1.54) is 12.8 Å². The van der Waals surface area contributed by atoms with E-state index in [2.05, 4.69) is 19.6 Å². The molecule has 0 aliphatic rings. The van der Waals surface area contributed by atoms with E-state index in [0.717, 1.165) is 92.2 Å². The van der Waals surface area contributed by atoms with Gasteiger partial charge in [0.15, 0.2) is 0 Å². The van der Waals surface area contributed by atoms with Crippen LogP contribution in [0.5, 0.6) is 23.0 Å². The van der Waals surface area contributed by atoms with Gasteiger partial charge in [-0.3, -0.25) is 4.79 Å². The topological polar surface area (TPSA) is 121 Å². The molecule has 1 atom stereocenters. The highest BCUT2D eigenvalue weighted by Gasteiger charge is 2.20. The Bertz CT molecular complexity index is 2260. The molecule has 0 bridgehead atoms. The van der Waals surface area contributed by atoms with Gasteiger partial charge in [0.2, 0.25) is 0 Å². The fraction of sp³-hybridized carbons (Fsp3) is 0.345. The molecule has 5 aromatic carbocycles. The number of nitriles is 1. The number of ether oxygens (including phenoxy) is 5. The maximum absolute atomic E-state index is 13.6. The highest BCUT2D eigenvalue weighted by molar-refractivity contribution is 5.95. The number of hydrogen-bond donors (Lipinski definition) is 0. The molecular formula is C55H61NO8. The lowest BCUT2D eigenvalue weighted by molar-refractivity contribution is -0.134. The van der Waals surface area contributed by atoms with Crippen molar-refractivity contribution in [3.63, 3.8) is 0 Å². The van der Waals surface area contributed by atoms with E-state index >= 15 is 0 Å². The second-order valence-corrected chi connectivity index (χ2v) is 15.9. The summed E-state index contributed by atoms with van der Waals surface area (Å²) in [4.78, 5) is 39.4. The van der Waals surface area contributed by atoms with Gasteiger partial charge in [-0.1, -0.05) is 93.6 Å². The van der Waals surface area contributed by atoms with Gasteiger partial charge >= 0.3 is 17.9 Å². The molecule has 0 saturated heterocycles. The molecule has 0 radical (unpaired) electrons. The zero-order chi connectivity index (χ0) is 45.4. The van der Waals surface area contributed by atoms with Crippen LogP contribution in [0.1, 0.15) is 130 Å². The third-order valence-corrected chi connectivity index (χ3v) is 10.8. The number of esters is 3. The molecule has 0 spiro atoms. The van der Waals surface area contributed by atoms with E-state index in [4.69, 9.17) is 28.9 Å². The van der Waals surface area contributed by atoms with Crippen LogP contribution in [0.2, 0.25) is 0 Å². The van der Waals surface area contributed by atoms with Crippen LogP contribution in [0, 0.1) is 11.3 Å². The van der Waals surface area contributed by atoms with Crippen LogP contribution in [-0.4, -0.2) is 37.2 Å². The normalized spacial score (nSPS) is 11.2. The summed E-state index contributed by atoms with van der Waals surface area (Å²) in [5.41, 5.74) is 5.04. The number of benzene rings is 5. The molecular weight excluding hydrogens is 803 g/mol. The van der Waals surface area contributed by atoms with Crippen molar-refractivity contribution in [2.75, 3.05) is 13.2 Å². The molecule has 0 amide bonds. The number of carbonyl (C=O) groups is 3. The van der Waals surface area contributed by atoms with Gasteiger partial charge in [0.1, 0.15) is 28.6 Å². The van der Waals surface area contributed by atoms with Gasteiger partial charge in [0.25, 0.3) is 0 Å². The van der Waals surface area contributed by atoms with Gasteiger partial charge < -0.3 is 23.7 Å². The van der Waals surface area contributed by atoms with Crippen LogP contribution >= 0.6 is 0 Å². The van der Waals surface area contributed by atoms with E-state index < -0.39 is 11.9 Å². The maximum Gasteiger partial charge on any atom is 0.347 e. The molecule has 0 N–H and O–H groups in total. The molecule has 0 saturated carbocycles. The van der Waals surface area contributed by atoms with E-state index in [-0.39, 0.29) is 29.8 Å². The Morgan fingerprint density at radius 1 is 0.609 bits per heavy atom. The molecule has 334 valence electrons. The van der Waals surface area contributed by atoms with E-state index in [0.29, 0.717) is 42.3 Å². The van der Waals surface area contributed by atoms with Gasteiger partial charge in [-0.25, -0.2) is 9.59 Å². The number of allylic oxidation sites excluding steroid dienone is 1. The first-order chi connectivity index (χ1) is 31.3. The van der Waals surface area contributed by atoms with Crippen LogP contribution in [0.3, 0.4) is 0 Å². The highest BCUT2D eigenvalue weighted by Crippen LogP contribution is 2.29. The summed E-state index contributed by atoms with van der Waals surface area (Å²) in [5.74, 6) is 0.173. The molecule has 0 unspecified atom stereocenters. The summed E-state index contributed by atoms with van der Waals surface area (Å²) < 4.78 is 29.1. The minimum absolute atomic E-state index is 0.0763. The van der Waals surface area contributed by atoms with Crippen LogP contribution < -0.4 is 18.9 Å². The fourth-order valence-electron chi connectivity index (χ4n) is 7.02. The Hall–Kier alpha value is -6.66. The zero-order valence-corrected chi connectivity index (χ0v) is 37.4. The summed E-state index contributed by atoms with van der Waals surface area (Å²) in [5, 5.41) is 9.04. The standard InChI is InChI=1S/C55H61NO8/c1-4-6-8-10-11-15-38-61-50-35-36-51(52(39-50)64-53(57)18-14-12-16-37-60-48-31-27-45(28-32-48)43-21-19-42(40-56)20-22-43)55(59)63-49-33-29-46(30-34-49)44-23-25-47(26-24-44)54(58)62-41(3)17-13-9-7-5-2/h4,19-36,39,41H,1,5-18,37-38H2,2-3H3/t41-/m1/s1. The summed E-state index contributed by atoms with van der Waals surface area (Å²) in [7, 11) is 0. The van der Waals surface area contributed by atoms with Crippen LogP contribution in [0.4, 0.5) is 0 Å². The molecule has 5 rings (SSSR count). The van der Waals surface area contributed by atoms with Gasteiger partial charge in [-0.15, -0.1) is 6.58 Å². The fourth-order valence-corrected chi connectivity index (χ4v) is 7.02. The molecule has 9 heteroatoms. The lowest BCUT2D eigenvalue weighted by Crippen LogP contribution is -2.15. The first-order valence-corrected chi connectivity index (χ1v) is 22.7. The monoisotopic (exact) mass is 863 g/mol. The third kappa shape index (κ3) is 16.2. The van der Waals surface area contributed by atoms with E-state index in [1.54, 1.807) is 54.6 Å². The molecule has 0 aromatic heterocycles. The zero-order valence-electron chi connectivity index (χ0n) is 37.4. The molecule has 0 aliphatic heterocycles. The number of hydrogen-bond acceptors (Lipinski definition) is 9. The minimum atomic E-state index is -0.672. The van der Waals surface area contributed by atoms with Crippen molar-refractivity contribution in [3.8, 4) is 51.3 Å². The Labute approximate surface area is 379 Å². The van der Waals surface area contributed by atoms with E-state index in [9.17, 15) is 14.4 Å². The smallest absolute Gasteiger partial charge is 0.347 e. The average Bonchev–Trinajstić information content (AvgIpc) is 3.31. The maximum atomic E-state index is 13.6. The Morgan fingerprint density at radius 3 is 1.78 bits per heavy atom. The predicted molar refractivity (Wildman–Crippen MR) is 252 cm³/mol. The van der Waals surface area contributed by atoms with Gasteiger partial charge in [-0.05, 0) is 141 Å². The largest absolute Gasteiger partial charge is 0.494 e. The number of unbranched alkanes of at least 4 members (excludes halogenated alkanes) is 9. The predicted octanol–water partition coefficient (Wildman–Crippen LogP) is 13.7. The summed E-state index contributed by atoms with van der Waals surface area (Å²) >= 11 is 0. The first-order valence-electron chi connectivity index (χ1n) is 22.7. The molecule has 0 aliphatic carbocycles. The highest BCUT2D eigenvalue weighted by atomic mass is 16.6. The van der Waals surface area contributed by atoms with Gasteiger partial charge in [-0.2, -0.15) is 5.26 Å². The Morgan fingerprint density at radius 2 is 1.16 bits per heavy atom. The van der Waals surface area contributed by atoms with Crippen molar-refractivity contribution in [1.29, 1.82) is 5.26 Å². The van der Waals surface area contributed by atoms with E-state index in [1.807, 2.05) is 73.7 Å². The molecule has 0 heterocycles. The van der Waals surface area contributed by atoms with Crippen molar-refractivity contribution < 1.29 is 38.1 Å². The quantitative estimate of drug-likeness (QED) is 0.0220. The van der Waals surface area contributed by atoms with Crippen LogP contribution in [0.25, 0.3) is 22.3 Å². The van der Waals surface area contributed by atoms with Crippen molar-refractivity contribution in [2.45, 2.75) is 110 Å². The molecule has 64 heavy (non-hydrogen) atoms. The minimum Gasteiger partial charge on any atom is -0.494 e. The van der Waals surface area contributed by atoms with Crippen LogP contribution in [0.15, 0.2) is 128 Å². The number of rotatable bonds is 27. The average molecular weight is 864 g/mol. The summed E-state index contributed by atoms with van der Waals surface area (Å²) in [6.45, 7) is 8.88. The third-order valence-electron chi connectivity index (χ3n) is 10.8. The van der Waals surface area contributed by atoms with Gasteiger partial charge in [0, 0.05) is 12.5 Å². The number of nitrogens with zero attached hydrogens (tertiary/aromatic N) is 1. The SMILES string of the molecule is C=CCCCCCCOc1ccc(C(=O)Oc2ccc(-c3ccc(C(=O)O[C@H](C)CCCCCC)cc3)cc2)c(OC(=O)CCCCCOc2ccc(-c3ccc(C#N)cc3)cc2)c1. The van der Waals surface area contributed by atoms with Crippen molar-refractivity contribution in [3.05, 3.63) is 145 Å². The molecule has 0 fully saturated rings. The summed E-state index contributed by atoms with van der Waals surface area (Å²) in [6, 6.07) is 36.5. The van der Waals surface area contributed by atoms with Crippen molar-refractivity contribution >= 4 is 17.9 Å². The van der Waals surface area contributed by atoms with Crippen LogP contribution in [-0.2, 0) is 9.53 Å². The van der Waals surface area contributed by atoms with Gasteiger partial charge in [0.05, 0.1) is 36.5 Å². The second-order valence-electron chi connectivity index (χ2n) is 15.9. The Balaban J connectivity index is 1.12. The Kier molecular flexibility index (Phi) is 20.2. The van der Waals surface area contributed by atoms with Crippen molar-refractivity contribution in [1.82, 2.24) is 0 Å². The lowest BCUT2D eigenvalue weighted by atomic mass is 10.0.